The van der Waals surface area contributed by atoms with Gasteiger partial charge in [0.25, 0.3) is 0 Å². The lowest BCUT2D eigenvalue weighted by atomic mass is 10.1. The summed E-state index contributed by atoms with van der Waals surface area (Å²) in [6, 6.07) is 7.36. The van der Waals surface area contributed by atoms with E-state index in [9.17, 15) is 5.11 Å². The SMILES string of the molecule is CCc1nccn1CC(O)c1ccccc1Cl. The fourth-order valence-corrected chi connectivity index (χ4v) is 2.11. The van der Waals surface area contributed by atoms with Crippen LogP contribution >= 0.6 is 11.6 Å². The van der Waals surface area contributed by atoms with E-state index in [4.69, 9.17) is 11.6 Å². The van der Waals surface area contributed by atoms with Gasteiger partial charge >= 0.3 is 0 Å². The third kappa shape index (κ3) is 2.68. The van der Waals surface area contributed by atoms with Crippen LogP contribution < -0.4 is 0 Å². The van der Waals surface area contributed by atoms with Gasteiger partial charge < -0.3 is 9.67 Å². The standard InChI is InChI=1S/C13H15ClN2O/c1-2-13-15-7-8-16(13)9-12(17)10-5-3-4-6-11(10)14/h3-8,12,17H,2,9H2,1H3. The smallest absolute Gasteiger partial charge is 0.108 e. The second-order valence-electron chi connectivity index (χ2n) is 3.89. The Labute approximate surface area is 106 Å². The number of imidazole rings is 1. The summed E-state index contributed by atoms with van der Waals surface area (Å²) >= 11 is 6.05. The maximum atomic E-state index is 10.2. The van der Waals surface area contributed by atoms with Crippen molar-refractivity contribution in [1.29, 1.82) is 0 Å². The summed E-state index contributed by atoms with van der Waals surface area (Å²) in [5, 5.41) is 10.8. The van der Waals surface area contributed by atoms with Crippen molar-refractivity contribution in [3.8, 4) is 0 Å². The number of hydrogen-bond donors (Lipinski definition) is 1. The van der Waals surface area contributed by atoms with Crippen molar-refractivity contribution in [2.45, 2.75) is 26.0 Å². The molecule has 0 fully saturated rings. The minimum atomic E-state index is -0.608. The Morgan fingerprint density at radius 2 is 2.18 bits per heavy atom. The normalized spacial score (nSPS) is 12.6. The number of benzene rings is 1. The lowest BCUT2D eigenvalue weighted by molar-refractivity contribution is 0.155. The first-order chi connectivity index (χ1) is 8.22. The van der Waals surface area contributed by atoms with Crippen LogP contribution in [0.25, 0.3) is 0 Å². The van der Waals surface area contributed by atoms with E-state index < -0.39 is 6.10 Å². The fourth-order valence-electron chi connectivity index (χ4n) is 1.85. The Balaban J connectivity index is 2.17. The molecule has 0 aliphatic heterocycles. The third-order valence-corrected chi connectivity index (χ3v) is 3.10. The monoisotopic (exact) mass is 250 g/mol. The molecule has 1 aromatic carbocycles. The maximum absolute atomic E-state index is 10.2. The van der Waals surface area contributed by atoms with Gasteiger partial charge in [-0.25, -0.2) is 4.98 Å². The van der Waals surface area contributed by atoms with Crippen molar-refractivity contribution >= 4 is 11.6 Å². The quantitative estimate of drug-likeness (QED) is 0.906. The Morgan fingerprint density at radius 1 is 1.41 bits per heavy atom. The van der Waals surface area contributed by atoms with E-state index in [1.54, 1.807) is 12.3 Å². The molecule has 2 rings (SSSR count). The average molecular weight is 251 g/mol. The van der Waals surface area contributed by atoms with Crippen LogP contribution in [-0.2, 0) is 13.0 Å². The largest absolute Gasteiger partial charge is 0.386 e. The number of rotatable bonds is 4. The molecular formula is C13H15ClN2O. The fraction of sp³-hybridized carbons (Fsp3) is 0.308. The zero-order valence-electron chi connectivity index (χ0n) is 9.68. The summed E-state index contributed by atoms with van der Waals surface area (Å²) in [5.74, 6) is 0.969. The zero-order valence-corrected chi connectivity index (χ0v) is 10.4. The molecule has 1 N–H and O–H groups in total. The Bertz CT molecular complexity index is 496. The number of aliphatic hydroxyl groups excluding tert-OH is 1. The van der Waals surface area contributed by atoms with Crippen LogP contribution in [0.4, 0.5) is 0 Å². The van der Waals surface area contributed by atoms with Crippen LogP contribution in [0, 0.1) is 0 Å². The molecule has 1 aromatic heterocycles. The minimum Gasteiger partial charge on any atom is -0.386 e. The summed E-state index contributed by atoms with van der Waals surface area (Å²) in [5.41, 5.74) is 0.755. The molecule has 17 heavy (non-hydrogen) atoms. The van der Waals surface area contributed by atoms with E-state index in [1.807, 2.05) is 35.9 Å². The molecule has 4 heteroatoms. The van der Waals surface area contributed by atoms with Gasteiger partial charge in [-0.2, -0.15) is 0 Å². The van der Waals surface area contributed by atoms with E-state index in [1.165, 1.54) is 0 Å². The van der Waals surface area contributed by atoms with Crippen LogP contribution in [0.5, 0.6) is 0 Å². The molecule has 0 aliphatic rings. The predicted molar refractivity (Wildman–Crippen MR) is 68.0 cm³/mol. The van der Waals surface area contributed by atoms with Crippen LogP contribution in [0.2, 0.25) is 5.02 Å². The first-order valence-corrected chi connectivity index (χ1v) is 6.02. The van der Waals surface area contributed by atoms with Gasteiger partial charge in [0.15, 0.2) is 0 Å². The summed E-state index contributed by atoms with van der Waals surface area (Å²) in [7, 11) is 0. The van der Waals surface area contributed by atoms with Crippen LogP contribution in [-0.4, -0.2) is 14.7 Å². The van der Waals surface area contributed by atoms with Crippen LogP contribution in [0.3, 0.4) is 0 Å². The van der Waals surface area contributed by atoms with Crippen molar-refractivity contribution in [3.63, 3.8) is 0 Å². The Hall–Kier alpha value is -1.32. The summed E-state index contributed by atoms with van der Waals surface area (Å²) in [4.78, 5) is 4.22. The molecule has 0 saturated carbocycles. The molecule has 1 unspecified atom stereocenters. The zero-order chi connectivity index (χ0) is 12.3. The molecule has 3 nitrogen and oxygen atoms in total. The van der Waals surface area contributed by atoms with E-state index in [0.29, 0.717) is 11.6 Å². The maximum Gasteiger partial charge on any atom is 0.108 e. The van der Waals surface area contributed by atoms with Gasteiger partial charge in [0, 0.05) is 29.4 Å². The first-order valence-electron chi connectivity index (χ1n) is 5.65. The van der Waals surface area contributed by atoms with Gasteiger partial charge in [-0.05, 0) is 6.07 Å². The first kappa shape index (κ1) is 12.1. The minimum absolute atomic E-state index is 0.479. The summed E-state index contributed by atoms with van der Waals surface area (Å²) in [6.45, 7) is 2.52. The molecule has 1 atom stereocenters. The van der Waals surface area contributed by atoms with Crippen molar-refractivity contribution in [2.24, 2.45) is 0 Å². The van der Waals surface area contributed by atoms with E-state index in [2.05, 4.69) is 4.98 Å². The van der Waals surface area contributed by atoms with Crippen molar-refractivity contribution in [1.82, 2.24) is 9.55 Å². The van der Waals surface area contributed by atoms with Gasteiger partial charge in [-0.15, -0.1) is 0 Å². The molecular weight excluding hydrogens is 236 g/mol. The Kier molecular flexibility index (Phi) is 3.82. The molecule has 0 radical (unpaired) electrons. The lowest BCUT2D eigenvalue weighted by Gasteiger charge is -2.14. The molecule has 2 aromatic rings. The molecule has 0 bridgehead atoms. The van der Waals surface area contributed by atoms with Crippen molar-refractivity contribution in [2.75, 3.05) is 0 Å². The second-order valence-corrected chi connectivity index (χ2v) is 4.29. The van der Waals surface area contributed by atoms with E-state index in [0.717, 1.165) is 17.8 Å². The summed E-state index contributed by atoms with van der Waals surface area (Å²) < 4.78 is 1.95. The van der Waals surface area contributed by atoms with Gasteiger partial charge in [0.1, 0.15) is 5.82 Å². The van der Waals surface area contributed by atoms with Crippen molar-refractivity contribution in [3.05, 3.63) is 53.1 Å². The molecule has 90 valence electrons. The third-order valence-electron chi connectivity index (χ3n) is 2.75. The summed E-state index contributed by atoms with van der Waals surface area (Å²) in [6.07, 6.45) is 3.86. The average Bonchev–Trinajstić information content (AvgIpc) is 2.76. The molecule has 0 amide bonds. The second kappa shape index (κ2) is 5.34. The number of aryl methyl sites for hydroxylation is 1. The molecule has 0 spiro atoms. The number of hydrogen-bond acceptors (Lipinski definition) is 2. The highest BCUT2D eigenvalue weighted by atomic mass is 35.5. The van der Waals surface area contributed by atoms with Crippen LogP contribution in [0.1, 0.15) is 24.4 Å². The van der Waals surface area contributed by atoms with Crippen LogP contribution in [0.15, 0.2) is 36.7 Å². The number of halogens is 1. The molecule has 0 aliphatic carbocycles. The lowest BCUT2D eigenvalue weighted by Crippen LogP contribution is -2.11. The van der Waals surface area contributed by atoms with Gasteiger partial charge in [-0.1, -0.05) is 36.7 Å². The van der Waals surface area contributed by atoms with E-state index in [-0.39, 0.29) is 0 Å². The van der Waals surface area contributed by atoms with Crippen molar-refractivity contribution < 1.29 is 5.11 Å². The van der Waals surface area contributed by atoms with E-state index >= 15 is 0 Å². The van der Waals surface area contributed by atoms with Gasteiger partial charge in [0.05, 0.1) is 12.6 Å². The highest BCUT2D eigenvalue weighted by Crippen LogP contribution is 2.24. The van der Waals surface area contributed by atoms with Gasteiger partial charge in [0.2, 0.25) is 0 Å². The highest BCUT2D eigenvalue weighted by molar-refractivity contribution is 6.31. The molecule has 1 heterocycles. The highest BCUT2D eigenvalue weighted by Gasteiger charge is 2.12. The predicted octanol–water partition coefficient (Wildman–Crippen LogP) is 2.83. The number of aromatic nitrogens is 2. The molecule has 0 saturated heterocycles. The van der Waals surface area contributed by atoms with Gasteiger partial charge in [-0.3, -0.25) is 0 Å². The number of nitrogens with zero attached hydrogens (tertiary/aromatic N) is 2. The number of aliphatic hydroxyl groups is 1. The Morgan fingerprint density at radius 3 is 2.88 bits per heavy atom. The topological polar surface area (TPSA) is 38.0 Å².